The zero-order chi connectivity index (χ0) is 14.9. The zero-order valence-electron chi connectivity index (χ0n) is 12.4. The number of aromatic nitrogens is 2. The minimum Gasteiger partial charge on any atom is -0.459 e. The van der Waals surface area contributed by atoms with Crippen LogP contribution in [0.15, 0.2) is 38.7 Å². The van der Waals surface area contributed by atoms with E-state index in [1.54, 1.807) is 6.26 Å². The van der Waals surface area contributed by atoms with Crippen molar-refractivity contribution in [3.8, 4) is 11.7 Å². The number of hydrogen-bond acceptors (Lipinski definition) is 6. The number of fused-ring (bicyclic) bond motifs is 1. The smallest absolute Gasteiger partial charge is 0.283 e. The summed E-state index contributed by atoms with van der Waals surface area (Å²) in [4.78, 5) is 3.94. The lowest BCUT2D eigenvalue weighted by Gasteiger charge is -2.34. The van der Waals surface area contributed by atoms with E-state index in [0.29, 0.717) is 30.1 Å². The molecule has 0 amide bonds. The van der Waals surface area contributed by atoms with Crippen molar-refractivity contribution in [2.45, 2.75) is 32.4 Å². The van der Waals surface area contributed by atoms with Crippen LogP contribution in [-0.4, -0.2) is 21.6 Å². The topological polar surface area (TPSA) is 55.3 Å². The molecule has 0 bridgehead atoms. The third kappa shape index (κ3) is 2.38. The van der Waals surface area contributed by atoms with E-state index in [2.05, 4.69) is 33.5 Å². The summed E-state index contributed by atoms with van der Waals surface area (Å²) in [6.07, 6.45) is 3.79. The highest BCUT2D eigenvalue weighted by atomic mass is 32.1. The van der Waals surface area contributed by atoms with Crippen molar-refractivity contribution in [1.29, 1.82) is 0 Å². The van der Waals surface area contributed by atoms with Crippen LogP contribution in [0.25, 0.3) is 11.7 Å². The predicted molar refractivity (Wildman–Crippen MR) is 83.5 cm³/mol. The van der Waals surface area contributed by atoms with E-state index in [0.717, 1.165) is 19.4 Å². The van der Waals surface area contributed by atoms with Gasteiger partial charge in [-0.15, -0.1) is 21.5 Å². The third-order valence-corrected chi connectivity index (χ3v) is 5.13. The van der Waals surface area contributed by atoms with Gasteiger partial charge >= 0.3 is 0 Å². The van der Waals surface area contributed by atoms with Gasteiger partial charge in [0.2, 0.25) is 5.89 Å². The van der Waals surface area contributed by atoms with Crippen LogP contribution in [0.1, 0.15) is 35.7 Å². The summed E-state index contributed by atoms with van der Waals surface area (Å²) in [6, 6.07) is 6.33. The molecule has 22 heavy (non-hydrogen) atoms. The van der Waals surface area contributed by atoms with Crippen LogP contribution >= 0.6 is 11.3 Å². The van der Waals surface area contributed by atoms with Gasteiger partial charge in [-0.3, -0.25) is 4.90 Å². The Morgan fingerprint density at radius 3 is 3.14 bits per heavy atom. The van der Waals surface area contributed by atoms with Crippen molar-refractivity contribution in [1.82, 2.24) is 15.1 Å². The average Bonchev–Trinajstić information content (AvgIpc) is 3.27. The fraction of sp³-hybridized carbons (Fsp3) is 0.375. The van der Waals surface area contributed by atoms with Gasteiger partial charge in [-0.1, -0.05) is 6.92 Å². The summed E-state index contributed by atoms with van der Waals surface area (Å²) >= 11 is 1.86. The van der Waals surface area contributed by atoms with Gasteiger partial charge in [0, 0.05) is 17.5 Å². The maximum atomic E-state index is 5.74. The molecule has 114 valence electrons. The van der Waals surface area contributed by atoms with Crippen molar-refractivity contribution in [3.05, 3.63) is 46.2 Å². The molecule has 3 aromatic heterocycles. The Bertz CT molecular complexity index is 747. The molecular weight excluding hydrogens is 298 g/mol. The van der Waals surface area contributed by atoms with E-state index in [1.165, 1.54) is 10.4 Å². The molecule has 0 aliphatic carbocycles. The largest absolute Gasteiger partial charge is 0.459 e. The van der Waals surface area contributed by atoms with Crippen LogP contribution < -0.4 is 0 Å². The van der Waals surface area contributed by atoms with Gasteiger partial charge in [0.15, 0.2) is 5.76 Å². The molecule has 0 N–H and O–H groups in total. The van der Waals surface area contributed by atoms with Gasteiger partial charge in [0.25, 0.3) is 5.89 Å². The molecule has 6 heteroatoms. The Morgan fingerprint density at radius 2 is 2.32 bits per heavy atom. The molecule has 0 spiro atoms. The molecule has 0 aromatic carbocycles. The van der Waals surface area contributed by atoms with Crippen LogP contribution in [-0.2, 0) is 13.0 Å². The van der Waals surface area contributed by atoms with E-state index in [1.807, 2.05) is 23.5 Å². The first-order valence-electron chi connectivity index (χ1n) is 7.51. The number of thiophene rings is 1. The van der Waals surface area contributed by atoms with Gasteiger partial charge in [0.05, 0.1) is 12.8 Å². The Morgan fingerprint density at radius 1 is 1.36 bits per heavy atom. The highest BCUT2D eigenvalue weighted by Crippen LogP contribution is 2.36. The molecule has 4 heterocycles. The Balaban J connectivity index is 1.54. The van der Waals surface area contributed by atoms with Crippen LogP contribution in [0.3, 0.4) is 0 Å². The first-order chi connectivity index (χ1) is 10.8. The molecule has 1 unspecified atom stereocenters. The second-order valence-electron chi connectivity index (χ2n) is 5.42. The molecule has 0 saturated heterocycles. The standard InChI is InChI=1S/C16H17N3O2S/c1-2-12-11-6-9-22-14(11)5-7-19(12)10-15-17-18-16(21-15)13-4-3-8-20-13/h3-4,6,8-9,12H,2,5,7,10H2,1H3. The highest BCUT2D eigenvalue weighted by molar-refractivity contribution is 7.10. The summed E-state index contributed by atoms with van der Waals surface area (Å²) < 4.78 is 11.0. The van der Waals surface area contributed by atoms with Gasteiger partial charge in [-0.05, 0) is 42.0 Å². The van der Waals surface area contributed by atoms with Gasteiger partial charge in [-0.2, -0.15) is 0 Å². The Kier molecular flexibility index (Phi) is 3.56. The fourth-order valence-corrected chi connectivity index (χ4v) is 4.03. The minimum atomic E-state index is 0.439. The Hall–Kier alpha value is -1.92. The molecule has 1 aliphatic heterocycles. The van der Waals surface area contributed by atoms with Crippen molar-refractivity contribution in [2.24, 2.45) is 0 Å². The molecule has 3 aromatic rings. The van der Waals surface area contributed by atoms with Crippen LogP contribution in [0.5, 0.6) is 0 Å². The summed E-state index contributed by atoms with van der Waals surface area (Å²) in [5, 5.41) is 10.4. The zero-order valence-corrected chi connectivity index (χ0v) is 13.2. The molecule has 1 aliphatic rings. The van der Waals surface area contributed by atoms with Crippen molar-refractivity contribution in [2.75, 3.05) is 6.54 Å². The van der Waals surface area contributed by atoms with E-state index in [4.69, 9.17) is 8.83 Å². The maximum Gasteiger partial charge on any atom is 0.283 e. The minimum absolute atomic E-state index is 0.439. The molecular formula is C16H17N3O2S. The molecule has 0 fully saturated rings. The van der Waals surface area contributed by atoms with E-state index in [9.17, 15) is 0 Å². The van der Waals surface area contributed by atoms with Gasteiger partial charge < -0.3 is 8.83 Å². The monoisotopic (exact) mass is 315 g/mol. The first-order valence-corrected chi connectivity index (χ1v) is 8.39. The number of hydrogen-bond donors (Lipinski definition) is 0. The third-order valence-electron chi connectivity index (χ3n) is 4.13. The number of furan rings is 1. The van der Waals surface area contributed by atoms with E-state index >= 15 is 0 Å². The van der Waals surface area contributed by atoms with Crippen molar-refractivity contribution < 1.29 is 8.83 Å². The molecule has 0 radical (unpaired) electrons. The first kappa shape index (κ1) is 13.7. The second kappa shape index (κ2) is 5.70. The Labute approximate surface area is 132 Å². The number of nitrogens with zero attached hydrogens (tertiary/aromatic N) is 3. The molecule has 5 nitrogen and oxygen atoms in total. The second-order valence-corrected chi connectivity index (χ2v) is 6.42. The van der Waals surface area contributed by atoms with Gasteiger partial charge in [0.1, 0.15) is 0 Å². The lowest BCUT2D eigenvalue weighted by Crippen LogP contribution is -2.34. The van der Waals surface area contributed by atoms with E-state index < -0.39 is 0 Å². The summed E-state index contributed by atoms with van der Waals surface area (Å²) in [7, 11) is 0. The van der Waals surface area contributed by atoms with Crippen LogP contribution in [0.4, 0.5) is 0 Å². The predicted octanol–water partition coefficient (Wildman–Crippen LogP) is 3.90. The maximum absolute atomic E-state index is 5.74. The highest BCUT2D eigenvalue weighted by Gasteiger charge is 2.28. The average molecular weight is 315 g/mol. The van der Waals surface area contributed by atoms with Crippen LogP contribution in [0.2, 0.25) is 0 Å². The SMILES string of the molecule is CCC1c2ccsc2CCN1Cc1nnc(-c2ccco2)o1. The number of rotatable bonds is 4. The summed E-state index contributed by atoms with van der Waals surface area (Å²) in [5.74, 6) is 1.70. The fourth-order valence-electron chi connectivity index (χ4n) is 3.11. The normalized spacial score (nSPS) is 18.5. The van der Waals surface area contributed by atoms with Crippen LogP contribution in [0, 0.1) is 0 Å². The molecule has 0 saturated carbocycles. The molecule has 1 atom stereocenters. The van der Waals surface area contributed by atoms with E-state index in [-0.39, 0.29) is 0 Å². The molecule has 4 rings (SSSR count). The van der Waals surface area contributed by atoms with Crippen molar-refractivity contribution >= 4 is 11.3 Å². The summed E-state index contributed by atoms with van der Waals surface area (Å²) in [5.41, 5.74) is 1.46. The lowest BCUT2D eigenvalue weighted by atomic mass is 9.98. The van der Waals surface area contributed by atoms with Crippen molar-refractivity contribution in [3.63, 3.8) is 0 Å². The lowest BCUT2D eigenvalue weighted by molar-refractivity contribution is 0.157. The quantitative estimate of drug-likeness (QED) is 0.731. The summed E-state index contributed by atoms with van der Waals surface area (Å²) in [6.45, 7) is 3.94. The van der Waals surface area contributed by atoms with Gasteiger partial charge in [-0.25, -0.2) is 0 Å².